The Kier molecular flexibility index (Phi) is 6.66. The number of carboxylic acids is 1. The number of hydrogen-bond donors (Lipinski definition) is 3. The summed E-state index contributed by atoms with van der Waals surface area (Å²) in [5, 5.41) is 13.3. The van der Waals surface area contributed by atoms with Crippen molar-refractivity contribution in [1.82, 2.24) is 15.5 Å². The lowest BCUT2D eigenvalue weighted by atomic mass is 10.4. The SMILES string of the molecule is CNC(=O)CCNC(=O)N(C)CCC(=O)O. The summed E-state index contributed by atoms with van der Waals surface area (Å²) >= 11 is 0. The van der Waals surface area contributed by atoms with Crippen molar-refractivity contribution in [1.29, 1.82) is 0 Å². The normalized spacial score (nSPS) is 9.38. The Balaban J connectivity index is 3.71. The van der Waals surface area contributed by atoms with E-state index in [0.717, 1.165) is 0 Å². The van der Waals surface area contributed by atoms with E-state index in [1.165, 1.54) is 19.0 Å². The van der Waals surface area contributed by atoms with E-state index in [2.05, 4.69) is 10.6 Å². The van der Waals surface area contributed by atoms with Gasteiger partial charge in [0.1, 0.15) is 0 Å². The van der Waals surface area contributed by atoms with Gasteiger partial charge in [0.15, 0.2) is 0 Å². The van der Waals surface area contributed by atoms with Crippen LogP contribution in [0.5, 0.6) is 0 Å². The molecule has 0 saturated heterocycles. The van der Waals surface area contributed by atoms with Crippen molar-refractivity contribution in [3.8, 4) is 0 Å². The molecule has 0 radical (unpaired) electrons. The van der Waals surface area contributed by atoms with Crippen LogP contribution in [0.15, 0.2) is 0 Å². The van der Waals surface area contributed by atoms with Gasteiger partial charge in [-0.25, -0.2) is 4.79 Å². The lowest BCUT2D eigenvalue weighted by Gasteiger charge is -2.16. The van der Waals surface area contributed by atoms with Crippen LogP contribution in [0.4, 0.5) is 4.79 Å². The second kappa shape index (κ2) is 7.49. The number of carbonyl (C=O) groups excluding carboxylic acids is 2. The number of hydrogen-bond acceptors (Lipinski definition) is 3. The molecule has 3 N–H and O–H groups in total. The van der Waals surface area contributed by atoms with Gasteiger partial charge in [-0.3, -0.25) is 9.59 Å². The molecule has 7 nitrogen and oxygen atoms in total. The first-order valence-electron chi connectivity index (χ1n) is 4.88. The Morgan fingerprint density at radius 3 is 2.38 bits per heavy atom. The van der Waals surface area contributed by atoms with Crippen LogP contribution in [0.2, 0.25) is 0 Å². The van der Waals surface area contributed by atoms with E-state index in [4.69, 9.17) is 5.11 Å². The van der Waals surface area contributed by atoms with E-state index in [9.17, 15) is 14.4 Å². The molecule has 0 heterocycles. The van der Waals surface area contributed by atoms with Crippen molar-refractivity contribution in [3.63, 3.8) is 0 Å². The van der Waals surface area contributed by atoms with Crippen molar-refractivity contribution < 1.29 is 19.5 Å². The summed E-state index contributed by atoms with van der Waals surface area (Å²) in [4.78, 5) is 33.7. The highest BCUT2D eigenvalue weighted by molar-refractivity contribution is 5.78. The Morgan fingerprint density at radius 2 is 1.88 bits per heavy atom. The molecule has 0 aromatic carbocycles. The van der Waals surface area contributed by atoms with Crippen LogP contribution < -0.4 is 10.6 Å². The molecule has 0 rings (SSSR count). The molecule has 0 saturated carbocycles. The average molecular weight is 231 g/mol. The fourth-order valence-electron chi connectivity index (χ4n) is 0.908. The number of urea groups is 1. The third-order valence-corrected chi connectivity index (χ3v) is 1.91. The third-order valence-electron chi connectivity index (χ3n) is 1.91. The van der Waals surface area contributed by atoms with Gasteiger partial charge in [0.05, 0.1) is 6.42 Å². The monoisotopic (exact) mass is 231 g/mol. The fraction of sp³-hybridized carbons (Fsp3) is 0.667. The van der Waals surface area contributed by atoms with Gasteiger partial charge in [0.25, 0.3) is 0 Å². The molecule has 0 aliphatic carbocycles. The van der Waals surface area contributed by atoms with Crippen LogP contribution in [0.3, 0.4) is 0 Å². The molecule has 0 aromatic rings. The molecule has 0 unspecified atom stereocenters. The Bertz CT molecular complexity index is 267. The highest BCUT2D eigenvalue weighted by Crippen LogP contribution is 1.89. The van der Waals surface area contributed by atoms with Gasteiger partial charge in [-0.2, -0.15) is 0 Å². The summed E-state index contributed by atoms with van der Waals surface area (Å²) in [6.45, 7) is 0.372. The highest BCUT2D eigenvalue weighted by atomic mass is 16.4. The molecule has 0 aliphatic rings. The summed E-state index contributed by atoms with van der Waals surface area (Å²) in [7, 11) is 3.02. The van der Waals surface area contributed by atoms with Crippen LogP contribution in [0.1, 0.15) is 12.8 Å². The molecule has 7 heteroatoms. The number of aliphatic carboxylic acids is 1. The van der Waals surface area contributed by atoms with Crippen LogP contribution in [-0.2, 0) is 9.59 Å². The maximum Gasteiger partial charge on any atom is 0.317 e. The van der Waals surface area contributed by atoms with Gasteiger partial charge >= 0.3 is 12.0 Å². The molecular weight excluding hydrogens is 214 g/mol. The summed E-state index contributed by atoms with van der Waals surface area (Å²) in [6, 6.07) is -0.384. The molecule has 0 fully saturated rings. The first-order valence-corrected chi connectivity index (χ1v) is 4.88. The first-order chi connectivity index (χ1) is 7.47. The minimum atomic E-state index is -0.954. The lowest BCUT2D eigenvalue weighted by molar-refractivity contribution is -0.137. The predicted octanol–water partition coefficient (Wildman–Crippen LogP) is -0.761. The quantitative estimate of drug-likeness (QED) is 0.559. The average Bonchev–Trinajstić information content (AvgIpc) is 2.25. The van der Waals surface area contributed by atoms with Crippen LogP contribution in [-0.4, -0.2) is 55.1 Å². The maximum atomic E-state index is 11.3. The van der Waals surface area contributed by atoms with E-state index in [-0.39, 0.29) is 37.9 Å². The van der Waals surface area contributed by atoms with Gasteiger partial charge in [0.2, 0.25) is 5.91 Å². The number of carboxylic acid groups (broad SMARTS) is 1. The molecule has 3 amide bonds. The predicted molar refractivity (Wildman–Crippen MR) is 57.0 cm³/mol. The maximum absolute atomic E-state index is 11.3. The van der Waals surface area contributed by atoms with E-state index < -0.39 is 5.97 Å². The zero-order chi connectivity index (χ0) is 12.6. The Morgan fingerprint density at radius 1 is 1.25 bits per heavy atom. The number of amides is 3. The van der Waals surface area contributed by atoms with E-state index in [1.54, 1.807) is 0 Å². The molecule has 0 aromatic heterocycles. The Hall–Kier alpha value is -1.79. The fourth-order valence-corrected chi connectivity index (χ4v) is 0.908. The van der Waals surface area contributed by atoms with Crippen LogP contribution in [0.25, 0.3) is 0 Å². The summed E-state index contributed by atoms with van der Waals surface area (Å²) < 4.78 is 0. The topological polar surface area (TPSA) is 98.7 Å². The van der Waals surface area contributed by atoms with Crippen molar-refractivity contribution in [2.24, 2.45) is 0 Å². The standard InChI is InChI=1S/C9H17N3O4/c1-10-7(13)3-5-11-9(16)12(2)6-4-8(14)15/h3-6H2,1-2H3,(H,10,13)(H,11,16)(H,14,15). The number of nitrogens with one attached hydrogen (secondary N) is 2. The zero-order valence-corrected chi connectivity index (χ0v) is 9.45. The molecule has 0 atom stereocenters. The van der Waals surface area contributed by atoms with Crippen LogP contribution in [0, 0.1) is 0 Å². The molecular formula is C9H17N3O4. The Labute approximate surface area is 93.8 Å². The number of carbonyl (C=O) groups is 3. The minimum absolute atomic E-state index is 0.0979. The molecule has 0 aliphatic heterocycles. The minimum Gasteiger partial charge on any atom is -0.481 e. The number of rotatable bonds is 6. The van der Waals surface area contributed by atoms with Gasteiger partial charge in [0, 0.05) is 33.6 Å². The van der Waals surface area contributed by atoms with E-state index in [0.29, 0.717) is 0 Å². The summed E-state index contributed by atoms with van der Waals surface area (Å²) in [5.41, 5.74) is 0. The number of nitrogens with zero attached hydrogens (tertiary/aromatic N) is 1. The smallest absolute Gasteiger partial charge is 0.317 e. The molecule has 0 bridgehead atoms. The van der Waals surface area contributed by atoms with Gasteiger partial charge in [-0.1, -0.05) is 0 Å². The zero-order valence-electron chi connectivity index (χ0n) is 9.45. The van der Waals surface area contributed by atoms with E-state index in [1.807, 2.05) is 0 Å². The largest absolute Gasteiger partial charge is 0.481 e. The summed E-state index contributed by atoms with van der Waals surface area (Å²) in [5.74, 6) is -1.11. The first kappa shape index (κ1) is 14.2. The second-order valence-electron chi connectivity index (χ2n) is 3.22. The van der Waals surface area contributed by atoms with Gasteiger partial charge < -0.3 is 20.6 Å². The third kappa shape index (κ3) is 6.63. The second-order valence-corrected chi connectivity index (χ2v) is 3.22. The molecule has 16 heavy (non-hydrogen) atoms. The highest BCUT2D eigenvalue weighted by Gasteiger charge is 2.09. The summed E-state index contributed by atoms with van der Waals surface area (Å²) in [6.07, 6.45) is 0.106. The molecule has 92 valence electrons. The lowest BCUT2D eigenvalue weighted by Crippen LogP contribution is -2.39. The molecule has 0 spiro atoms. The van der Waals surface area contributed by atoms with Gasteiger partial charge in [-0.05, 0) is 0 Å². The van der Waals surface area contributed by atoms with Crippen molar-refractivity contribution in [2.75, 3.05) is 27.2 Å². The van der Waals surface area contributed by atoms with Crippen molar-refractivity contribution >= 4 is 17.9 Å². The van der Waals surface area contributed by atoms with E-state index >= 15 is 0 Å². The van der Waals surface area contributed by atoms with Crippen molar-refractivity contribution in [2.45, 2.75) is 12.8 Å². The van der Waals surface area contributed by atoms with Crippen molar-refractivity contribution in [3.05, 3.63) is 0 Å². The van der Waals surface area contributed by atoms with Crippen LogP contribution >= 0.6 is 0 Å². The van der Waals surface area contributed by atoms with Gasteiger partial charge in [-0.15, -0.1) is 0 Å².